The van der Waals surface area contributed by atoms with Crippen LogP contribution in [-0.4, -0.2) is 19.7 Å². The van der Waals surface area contributed by atoms with Crippen molar-refractivity contribution in [1.29, 1.82) is 0 Å². The Bertz CT molecular complexity index is 859. The Hall–Kier alpha value is -2.15. The zero-order chi connectivity index (χ0) is 19.4. The van der Waals surface area contributed by atoms with Gasteiger partial charge in [0.15, 0.2) is 0 Å². The summed E-state index contributed by atoms with van der Waals surface area (Å²) in [4.78, 5) is 17.4. The Morgan fingerprint density at radius 1 is 1.19 bits per heavy atom. The van der Waals surface area contributed by atoms with Crippen molar-refractivity contribution in [3.8, 4) is 0 Å². The Kier molecular flexibility index (Phi) is 6.31. The van der Waals surface area contributed by atoms with Crippen LogP contribution >= 0.6 is 12.0 Å². The lowest BCUT2D eigenvalue weighted by Gasteiger charge is -2.09. The van der Waals surface area contributed by atoms with Crippen LogP contribution in [0.1, 0.15) is 30.5 Å². The van der Waals surface area contributed by atoms with Gasteiger partial charge in [0.05, 0.1) is 24.7 Å². The van der Waals surface area contributed by atoms with Gasteiger partial charge in [-0.05, 0) is 35.6 Å². The van der Waals surface area contributed by atoms with Crippen molar-refractivity contribution in [2.75, 3.05) is 13.7 Å². The second-order valence-electron chi connectivity index (χ2n) is 6.68. The summed E-state index contributed by atoms with van der Waals surface area (Å²) < 4.78 is 24.6. The Labute approximate surface area is 162 Å². The van der Waals surface area contributed by atoms with E-state index in [4.69, 9.17) is 9.07 Å². The second-order valence-corrected chi connectivity index (χ2v) is 7.46. The van der Waals surface area contributed by atoms with Gasteiger partial charge in [0.2, 0.25) is 0 Å². The maximum absolute atomic E-state index is 14.6. The van der Waals surface area contributed by atoms with Crippen molar-refractivity contribution in [2.45, 2.75) is 25.2 Å². The maximum Gasteiger partial charge on any atom is 0.339 e. The molecule has 6 heteroatoms. The molecule has 0 atom stereocenters. The van der Waals surface area contributed by atoms with Crippen LogP contribution in [0, 0.1) is 11.7 Å². The van der Waals surface area contributed by atoms with Gasteiger partial charge < -0.3 is 4.74 Å². The molecule has 0 fully saturated rings. The minimum atomic E-state index is -0.443. The molecule has 0 aliphatic carbocycles. The fourth-order valence-corrected chi connectivity index (χ4v) is 3.48. The van der Waals surface area contributed by atoms with E-state index < -0.39 is 11.8 Å². The number of carbonyl (C=O) groups excluding carboxylic acids is 1. The lowest BCUT2D eigenvalue weighted by Crippen LogP contribution is -2.00. The van der Waals surface area contributed by atoms with Gasteiger partial charge in [0.1, 0.15) is 12.4 Å². The molecule has 1 aliphatic heterocycles. The second kappa shape index (κ2) is 8.69. The molecule has 2 aromatic carbocycles. The molecule has 1 aliphatic rings. The summed E-state index contributed by atoms with van der Waals surface area (Å²) in [6, 6.07) is 12.5. The van der Waals surface area contributed by atoms with E-state index in [0.717, 1.165) is 24.0 Å². The summed E-state index contributed by atoms with van der Waals surface area (Å²) in [5, 5.41) is 0. The highest BCUT2D eigenvalue weighted by molar-refractivity contribution is 7.94. The summed E-state index contributed by atoms with van der Waals surface area (Å²) in [5.41, 5.74) is 3.26. The summed E-state index contributed by atoms with van der Waals surface area (Å²) in [5.74, 6) is -0.321. The predicted molar refractivity (Wildman–Crippen MR) is 103 cm³/mol. The number of halogens is 1. The largest absolute Gasteiger partial charge is 0.457 e. The third-order valence-electron chi connectivity index (χ3n) is 4.20. The molecular weight excluding hydrogens is 367 g/mol. The van der Waals surface area contributed by atoms with E-state index in [2.05, 4.69) is 18.7 Å². The van der Waals surface area contributed by atoms with Crippen LogP contribution in [0.5, 0.6) is 0 Å². The SMILES string of the molecule is COOSc1ccc(C2=C(c3ccc(CC(C)C)cc3)C(=O)OC2)c(F)c1. The van der Waals surface area contributed by atoms with Crippen LogP contribution in [0.4, 0.5) is 4.39 Å². The molecular formula is C21H21FO4S. The molecule has 0 unspecified atom stereocenters. The maximum atomic E-state index is 14.6. The van der Waals surface area contributed by atoms with E-state index in [1.165, 1.54) is 18.7 Å². The van der Waals surface area contributed by atoms with Gasteiger partial charge in [0.25, 0.3) is 0 Å². The number of hydrogen-bond donors (Lipinski definition) is 0. The first kappa shape index (κ1) is 19.6. The molecule has 2 aromatic rings. The van der Waals surface area contributed by atoms with Crippen molar-refractivity contribution in [3.05, 3.63) is 65.0 Å². The highest BCUT2D eigenvalue weighted by Gasteiger charge is 2.28. The normalized spacial score (nSPS) is 14.2. The molecule has 0 aromatic heterocycles. The van der Waals surface area contributed by atoms with E-state index in [9.17, 15) is 9.18 Å². The first-order valence-electron chi connectivity index (χ1n) is 8.66. The quantitative estimate of drug-likeness (QED) is 0.287. The van der Waals surface area contributed by atoms with Crippen molar-refractivity contribution in [2.24, 2.45) is 5.92 Å². The zero-order valence-corrected chi connectivity index (χ0v) is 16.3. The first-order chi connectivity index (χ1) is 13.0. The van der Waals surface area contributed by atoms with Crippen LogP contribution in [0.15, 0.2) is 47.4 Å². The van der Waals surface area contributed by atoms with Crippen molar-refractivity contribution in [3.63, 3.8) is 0 Å². The van der Waals surface area contributed by atoms with E-state index in [0.29, 0.717) is 27.5 Å². The van der Waals surface area contributed by atoms with Gasteiger partial charge in [-0.3, -0.25) is 0 Å². The molecule has 0 saturated carbocycles. The third kappa shape index (κ3) is 4.58. The summed E-state index contributed by atoms with van der Waals surface area (Å²) in [6.07, 6.45) is 0.966. The summed E-state index contributed by atoms with van der Waals surface area (Å²) in [6.45, 7) is 4.37. The average Bonchev–Trinajstić information content (AvgIpc) is 3.01. The molecule has 142 valence electrons. The molecule has 0 N–H and O–H groups in total. The molecule has 4 nitrogen and oxygen atoms in total. The van der Waals surface area contributed by atoms with Crippen LogP contribution in [0.3, 0.4) is 0 Å². The fraction of sp³-hybridized carbons (Fsp3) is 0.286. The Balaban J connectivity index is 1.95. The monoisotopic (exact) mass is 388 g/mol. The summed E-state index contributed by atoms with van der Waals surface area (Å²) >= 11 is 0.913. The third-order valence-corrected chi connectivity index (χ3v) is 4.85. The first-order valence-corrected chi connectivity index (χ1v) is 9.40. The minimum Gasteiger partial charge on any atom is -0.457 e. The van der Waals surface area contributed by atoms with Crippen LogP contribution < -0.4 is 0 Å². The molecule has 0 radical (unpaired) electrons. The average molecular weight is 388 g/mol. The van der Waals surface area contributed by atoms with Gasteiger partial charge in [-0.15, -0.1) is 0 Å². The number of ether oxygens (including phenoxy) is 1. The zero-order valence-electron chi connectivity index (χ0n) is 15.5. The smallest absolute Gasteiger partial charge is 0.339 e. The van der Waals surface area contributed by atoms with Crippen LogP contribution in [0.25, 0.3) is 11.1 Å². The lowest BCUT2D eigenvalue weighted by atomic mass is 9.94. The topological polar surface area (TPSA) is 44.8 Å². The molecule has 3 rings (SSSR count). The number of esters is 1. The Morgan fingerprint density at radius 2 is 1.93 bits per heavy atom. The molecule has 0 spiro atoms. The van der Waals surface area contributed by atoms with Crippen molar-refractivity contribution < 1.29 is 23.1 Å². The van der Waals surface area contributed by atoms with Gasteiger partial charge in [-0.25, -0.2) is 14.1 Å². The summed E-state index contributed by atoms with van der Waals surface area (Å²) in [7, 11) is 1.38. The molecule has 1 heterocycles. The number of hydrogen-bond acceptors (Lipinski definition) is 5. The molecule has 0 amide bonds. The number of cyclic esters (lactones) is 1. The van der Waals surface area contributed by atoms with Gasteiger partial charge >= 0.3 is 5.97 Å². The standard InChI is InChI=1S/C21H21FO4S/c1-13(2)10-14-4-6-15(7-5-14)20-18(12-25-21(20)23)17-9-8-16(11-19(17)22)27-26-24-3/h4-9,11,13H,10,12H2,1-3H3. The lowest BCUT2D eigenvalue weighted by molar-refractivity contribution is -0.160. The van der Waals surface area contributed by atoms with E-state index >= 15 is 0 Å². The molecule has 27 heavy (non-hydrogen) atoms. The van der Waals surface area contributed by atoms with Crippen LogP contribution in [-0.2, 0) is 25.2 Å². The van der Waals surface area contributed by atoms with Crippen molar-refractivity contribution >= 4 is 29.2 Å². The van der Waals surface area contributed by atoms with Crippen LogP contribution in [0.2, 0.25) is 0 Å². The van der Waals surface area contributed by atoms with E-state index in [1.807, 2.05) is 24.3 Å². The number of rotatable bonds is 7. The minimum absolute atomic E-state index is 0.0554. The predicted octanol–water partition coefficient (Wildman–Crippen LogP) is 5.08. The van der Waals surface area contributed by atoms with E-state index in [1.54, 1.807) is 12.1 Å². The van der Waals surface area contributed by atoms with Gasteiger partial charge in [0, 0.05) is 16.0 Å². The van der Waals surface area contributed by atoms with Gasteiger partial charge in [-0.1, -0.05) is 44.2 Å². The van der Waals surface area contributed by atoms with Gasteiger partial charge in [-0.2, -0.15) is 4.33 Å². The molecule has 0 bridgehead atoms. The fourth-order valence-electron chi connectivity index (χ4n) is 3.05. The van der Waals surface area contributed by atoms with Crippen molar-refractivity contribution in [1.82, 2.24) is 0 Å². The highest BCUT2D eigenvalue weighted by Crippen LogP contribution is 2.35. The van der Waals surface area contributed by atoms with E-state index in [-0.39, 0.29) is 6.61 Å². The Morgan fingerprint density at radius 3 is 2.56 bits per heavy atom. The number of benzene rings is 2. The highest BCUT2D eigenvalue weighted by atomic mass is 32.2. The number of carbonyl (C=O) groups is 1. The molecule has 0 saturated heterocycles.